The fourth-order valence-electron chi connectivity index (χ4n) is 2.96. The summed E-state index contributed by atoms with van der Waals surface area (Å²) in [7, 11) is 0. The summed E-state index contributed by atoms with van der Waals surface area (Å²) in [5.74, 6) is 0.0706. The van der Waals surface area contributed by atoms with E-state index in [1.54, 1.807) is 6.08 Å². The molecule has 1 N–H and O–H groups in total. The van der Waals surface area contributed by atoms with Gasteiger partial charge in [0.2, 0.25) is 5.91 Å². The molecule has 3 rings (SSSR count). The van der Waals surface area contributed by atoms with Crippen LogP contribution in [0.25, 0.3) is 6.08 Å². The summed E-state index contributed by atoms with van der Waals surface area (Å²) in [6.07, 6.45) is 5.85. The van der Waals surface area contributed by atoms with Gasteiger partial charge in [-0.3, -0.25) is 19.3 Å². The van der Waals surface area contributed by atoms with E-state index in [-0.39, 0.29) is 29.6 Å². The summed E-state index contributed by atoms with van der Waals surface area (Å²) in [6, 6.07) is 3.93. The monoisotopic (exact) mass is 364 g/mol. The molecule has 0 unspecified atom stereocenters. The van der Waals surface area contributed by atoms with Gasteiger partial charge < -0.3 is 5.32 Å². The summed E-state index contributed by atoms with van der Waals surface area (Å²) >= 11 is 2.39. The van der Waals surface area contributed by atoms with Crippen molar-refractivity contribution in [2.75, 3.05) is 6.54 Å². The SMILES string of the molecule is CC1CCC(NC(=O)CN2C(=O)S/C(=C\c3cccs3)C2=O)CC1. The summed E-state index contributed by atoms with van der Waals surface area (Å²) in [4.78, 5) is 38.9. The van der Waals surface area contributed by atoms with Crippen molar-refractivity contribution in [3.63, 3.8) is 0 Å². The molecule has 1 aliphatic heterocycles. The minimum Gasteiger partial charge on any atom is -0.352 e. The molecule has 1 aliphatic carbocycles. The minimum atomic E-state index is -0.384. The summed E-state index contributed by atoms with van der Waals surface area (Å²) in [5, 5.41) is 4.49. The van der Waals surface area contributed by atoms with E-state index in [2.05, 4.69) is 12.2 Å². The van der Waals surface area contributed by atoms with Gasteiger partial charge in [-0.05, 0) is 60.9 Å². The van der Waals surface area contributed by atoms with E-state index in [1.807, 2.05) is 17.5 Å². The highest BCUT2D eigenvalue weighted by Gasteiger charge is 2.36. The lowest BCUT2D eigenvalue weighted by atomic mass is 9.87. The molecule has 0 aromatic carbocycles. The highest BCUT2D eigenvalue weighted by Crippen LogP contribution is 2.32. The molecule has 2 heterocycles. The third-order valence-electron chi connectivity index (χ3n) is 4.37. The molecule has 2 aliphatic rings. The number of amides is 3. The fraction of sp³-hybridized carbons (Fsp3) is 0.471. The zero-order valence-electron chi connectivity index (χ0n) is 13.5. The van der Waals surface area contributed by atoms with Crippen LogP contribution < -0.4 is 5.32 Å². The average Bonchev–Trinajstić information content (AvgIpc) is 3.14. The highest BCUT2D eigenvalue weighted by molar-refractivity contribution is 8.18. The average molecular weight is 364 g/mol. The number of imide groups is 1. The van der Waals surface area contributed by atoms with Crippen molar-refractivity contribution >= 4 is 46.2 Å². The second-order valence-corrected chi connectivity index (χ2v) is 8.28. The van der Waals surface area contributed by atoms with Gasteiger partial charge in [-0.1, -0.05) is 13.0 Å². The highest BCUT2D eigenvalue weighted by atomic mass is 32.2. The first-order chi connectivity index (χ1) is 11.5. The van der Waals surface area contributed by atoms with E-state index in [4.69, 9.17) is 0 Å². The normalized spacial score (nSPS) is 26.2. The molecule has 5 nitrogen and oxygen atoms in total. The fourth-order valence-corrected chi connectivity index (χ4v) is 4.52. The van der Waals surface area contributed by atoms with Gasteiger partial charge in [0.25, 0.3) is 11.1 Å². The van der Waals surface area contributed by atoms with Crippen molar-refractivity contribution in [3.8, 4) is 0 Å². The Morgan fingerprint density at radius 2 is 2.08 bits per heavy atom. The van der Waals surface area contributed by atoms with Gasteiger partial charge in [-0.15, -0.1) is 11.3 Å². The molecule has 0 radical (unpaired) electrons. The number of carbonyl (C=O) groups excluding carboxylic acids is 3. The van der Waals surface area contributed by atoms with Gasteiger partial charge in [0, 0.05) is 10.9 Å². The molecule has 128 valence electrons. The predicted molar refractivity (Wildman–Crippen MR) is 96.6 cm³/mol. The van der Waals surface area contributed by atoms with Gasteiger partial charge >= 0.3 is 0 Å². The zero-order valence-corrected chi connectivity index (χ0v) is 15.1. The molecular weight excluding hydrogens is 344 g/mol. The Morgan fingerprint density at radius 1 is 1.33 bits per heavy atom. The summed E-state index contributed by atoms with van der Waals surface area (Å²) in [6.45, 7) is 2.02. The van der Waals surface area contributed by atoms with Gasteiger partial charge in [-0.2, -0.15) is 0 Å². The number of nitrogens with zero attached hydrogens (tertiary/aromatic N) is 1. The van der Waals surface area contributed by atoms with E-state index in [9.17, 15) is 14.4 Å². The molecule has 1 saturated heterocycles. The van der Waals surface area contributed by atoms with Crippen molar-refractivity contribution < 1.29 is 14.4 Å². The number of carbonyl (C=O) groups is 3. The Bertz CT molecular complexity index is 661. The van der Waals surface area contributed by atoms with Crippen LogP contribution in [0.3, 0.4) is 0 Å². The lowest BCUT2D eigenvalue weighted by molar-refractivity contribution is -0.129. The van der Waals surface area contributed by atoms with Crippen LogP contribution in [0.4, 0.5) is 4.79 Å². The largest absolute Gasteiger partial charge is 0.352 e. The molecule has 0 atom stereocenters. The Morgan fingerprint density at radius 3 is 2.75 bits per heavy atom. The summed E-state index contributed by atoms with van der Waals surface area (Å²) < 4.78 is 0. The lowest BCUT2D eigenvalue weighted by Crippen LogP contribution is -2.44. The Hall–Kier alpha value is -1.60. The number of thiophene rings is 1. The van der Waals surface area contributed by atoms with Crippen LogP contribution in [0.1, 0.15) is 37.5 Å². The quantitative estimate of drug-likeness (QED) is 0.831. The number of nitrogens with one attached hydrogen (secondary N) is 1. The molecule has 7 heteroatoms. The number of hydrogen-bond acceptors (Lipinski definition) is 5. The first kappa shape index (κ1) is 17.2. The van der Waals surface area contributed by atoms with E-state index in [0.29, 0.717) is 10.8 Å². The topological polar surface area (TPSA) is 66.5 Å². The van der Waals surface area contributed by atoms with Crippen LogP contribution in [0.5, 0.6) is 0 Å². The molecule has 1 saturated carbocycles. The first-order valence-corrected chi connectivity index (χ1v) is 9.81. The second-order valence-electron chi connectivity index (χ2n) is 6.31. The van der Waals surface area contributed by atoms with Crippen LogP contribution in [0.2, 0.25) is 0 Å². The maximum atomic E-state index is 12.4. The van der Waals surface area contributed by atoms with E-state index in [1.165, 1.54) is 11.3 Å². The van der Waals surface area contributed by atoms with E-state index in [0.717, 1.165) is 47.2 Å². The third kappa shape index (κ3) is 4.08. The van der Waals surface area contributed by atoms with Crippen LogP contribution in [-0.4, -0.2) is 34.5 Å². The van der Waals surface area contributed by atoms with Crippen molar-refractivity contribution in [2.24, 2.45) is 5.92 Å². The van der Waals surface area contributed by atoms with Gasteiger partial charge in [0.15, 0.2) is 0 Å². The van der Waals surface area contributed by atoms with E-state index < -0.39 is 0 Å². The zero-order chi connectivity index (χ0) is 17.1. The van der Waals surface area contributed by atoms with Gasteiger partial charge in [0.05, 0.1) is 4.91 Å². The Kier molecular flexibility index (Phi) is 5.40. The molecule has 0 spiro atoms. The molecule has 0 bridgehead atoms. The predicted octanol–water partition coefficient (Wildman–Crippen LogP) is 3.48. The van der Waals surface area contributed by atoms with Crippen LogP contribution in [0.15, 0.2) is 22.4 Å². The van der Waals surface area contributed by atoms with Gasteiger partial charge in [-0.25, -0.2) is 0 Å². The Labute approximate surface area is 149 Å². The minimum absolute atomic E-state index is 0.162. The third-order valence-corrected chi connectivity index (χ3v) is 6.10. The standard InChI is InChI=1S/C17H20N2O3S2/c1-11-4-6-12(7-5-11)18-15(20)10-19-16(21)14(24-17(19)22)9-13-3-2-8-23-13/h2-3,8-9,11-12H,4-7,10H2,1H3,(H,18,20)/b14-9-. The lowest BCUT2D eigenvalue weighted by Gasteiger charge is -2.27. The Balaban J connectivity index is 1.57. The van der Waals surface area contributed by atoms with Crippen LogP contribution >= 0.6 is 23.1 Å². The second kappa shape index (κ2) is 7.53. The smallest absolute Gasteiger partial charge is 0.294 e. The molecule has 2 fully saturated rings. The maximum Gasteiger partial charge on any atom is 0.294 e. The summed E-state index contributed by atoms with van der Waals surface area (Å²) in [5.41, 5.74) is 0. The van der Waals surface area contributed by atoms with Gasteiger partial charge in [0.1, 0.15) is 6.54 Å². The molecule has 24 heavy (non-hydrogen) atoms. The van der Waals surface area contributed by atoms with Crippen molar-refractivity contribution in [3.05, 3.63) is 27.3 Å². The molecular formula is C17H20N2O3S2. The van der Waals surface area contributed by atoms with Crippen molar-refractivity contribution in [2.45, 2.75) is 38.6 Å². The number of hydrogen-bond donors (Lipinski definition) is 1. The maximum absolute atomic E-state index is 12.4. The molecule has 1 aromatic rings. The van der Waals surface area contributed by atoms with Crippen molar-refractivity contribution in [1.82, 2.24) is 10.2 Å². The molecule has 3 amide bonds. The van der Waals surface area contributed by atoms with Crippen LogP contribution in [0, 0.1) is 5.92 Å². The van der Waals surface area contributed by atoms with Crippen molar-refractivity contribution in [1.29, 1.82) is 0 Å². The molecule has 1 aromatic heterocycles. The number of rotatable bonds is 4. The number of thioether (sulfide) groups is 1. The van der Waals surface area contributed by atoms with E-state index >= 15 is 0 Å². The first-order valence-electron chi connectivity index (χ1n) is 8.11. The van der Waals surface area contributed by atoms with Crippen LogP contribution in [-0.2, 0) is 9.59 Å².